The van der Waals surface area contributed by atoms with Crippen LogP contribution in [0.15, 0.2) is 42.5 Å². The Kier molecular flexibility index (Phi) is 3.49. The number of carbonyl (C=O) groups is 1. The maximum Gasteiger partial charge on any atom is 0.253 e. The first-order chi connectivity index (χ1) is 9.34. The van der Waals surface area contributed by atoms with Gasteiger partial charge in [-0.25, -0.2) is 0 Å². The third-order valence-electron chi connectivity index (χ3n) is 3.89. The fourth-order valence-electron chi connectivity index (χ4n) is 2.78. The summed E-state index contributed by atoms with van der Waals surface area (Å²) in [4.78, 5) is 14.5. The van der Waals surface area contributed by atoms with Crippen molar-refractivity contribution in [2.75, 3.05) is 13.1 Å². The van der Waals surface area contributed by atoms with Crippen LogP contribution in [0.3, 0.4) is 0 Å². The zero-order chi connectivity index (χ0) is 13.1. The van der Waals surface area contributed by atoms with Crippen molar-refractivity contribution in [3.63, 3.8) is 0 Å². The molecule has 2 aromatic carbocycles. The first kappa shape index (κ1) is 12.2. The van der Waals surface area contributed by atoms with Crippen LogP contribution in [-0.2, 0) is 0 Å². The Morgan fingerprint density at radius 2 is 1.53 bits per heavy atom. The van der Waals surface area contributed by atoms with Crippen LogP contribution in [0.1, 0.15) is 36.0 Å². The summed E-state index contributed by atoms with van der Waals surface area (Å²) in [6.07, 6.45) is 4.78. The molecule has 0 spiro atoms. The van der Waals surface area contributed by atoms with Crippen molar-refractivity contribution < 1.29 is 4.79 Å². The van der Waals surface area contributed by atoms with Crippen LogP contribution >= 0.6 is 0 Å². The molecular formula is C17H19NO. The lowest BCUT2D eigenvalue weighted by atomic mass is 10.1. The molecule has 3 rings (SSSR count). The third kappa shape index (κ3) is 2.62. The molecule has 1 amide bonds. The van der Waals surface area contributed by atoms with Gasteiger partial charge >= 0.3 is 0 Å². The Labute approximate surface area is 114 Å². The number of amides is 1. The van der Waals surface area contributed by atoms with Gasteiger partial charge in [-0.1, -0.05) is 43.2 Å². The van der Waals surface area contributed by atoms with Gasteiger partial charge < -0.3 is 4.90 Å². The maximum atomic E-state index is 12.5. The molecule has 0 bridgehead atoms. The molecule has 0 radical (unpaired) electrons. The molecule has 1 heterocycles. The molecule has 0 saturated carbocycles. The van der Waals surface area contributed by atoms with Gasteiger partial charge in [-0.2, -0.15) is 0 Å². The second-order valence-electron chi connectivity index (χ2n) is 5.27. The minimum Gasteiger partial charge on any atom is -0.339 e. The van der Waals surface area contributed by atoms with Crippen molar-refractivity contribution in [3.8, 4) is 0 Å². The van der Waals surface area contributed by atoms with Crippen molar-refractivity contribution in [3.05, 3.63) is 48.0 Å². The highest BCUT2D eigenvalue weighted by atomic mass is 16.2. The number of hydrogen-bond donors (Lipinski definition) is 0. The smallest absolute Gasteiger partial charge is 0.253 e. The quantitative estimate of drug-likeness (QED) is 0.755. The summed E-state index contributed by atoms with van der Waals surface area (Å²) in [6, 6.07) is 14.2. The molecule has 2 nitrogen and oxygen atoms in total. The highest BCUT2D eigenvalue weighted by molar-refractivity contribution is 5.98. The molecule has 1 fully saturated rings. The Hall–Kier alpha value is -1.83. The van der Waals surface area contributed by atoms with Crippen LogP contribution in [0.5, 0.6) is 0 Å². The van der Waals surface area contributed by atoms with E-state index in [1.54, 1.807) is 0 Å². The van der Waals surface area contributed by atoms with Gasteiger partial charge in [0.2, 0.25) is 0 Å². The van der Waals surface area contributed by atoms with Gasteiger partial charge in [0, 0.05) is 18.7 Å². The lowest BCUT2D eigenvalue weighted by molar-refractivity contribution is 0.0762. The molecule has 0 unspecified atom stereocenters. The van der Waals surface area contributed by atoms with E-state index in [1.807, 2.05) is 35.2 Å². The van der Waals surface area contributed by atoms with Gasteiger partial charge in [0.05, 0.1) is 0 Å². The normalized spacial score (nSPS) is 16.3. The summed E-state index contributed by atoms with van der Waals surface area (Å²) in [7, 11) is 0. The first-order valence-corrected chi connectivity index (χ1v) is 7.13. The Bertz CT molecular complexity index is 583. The number of rotatable bonds is 1. The Balaban J connectivity index is 1.88. The topological polar surface area (TPSA) is 20.3 Å². The van der Waals surface area contributed by atoms with Crippen LogP contribution < -0.4 is 0 Å². The monoisotopic (exact) mass is 253 g/mol. The fraction of sp³-hybridized carbons (Fsp3) is 0.353. The van der Waals surface area contributed by atoms with Gasteiger partial charge in [0.25, 0.3) is 5.91 Å². The highest BCUT2D eigenvalue weighted by Gasteiger charge is 2.17. The van der Waals surface area contributed by atoms with Gasteiger partial charge in [-0.3, -0.25) is 4.79 Å². The van der Waals surface area contributed by atoms with Crippen LogP contribution in [-0.4, -0.2) is 23.9 Å². The lowest BCUT2D eigenvalue weighted by Gasteiger charge is -2.20. The summed E-state index contributed by atoms with van der Waals surface area (Å²) < 4.78 is 0. The van der Waals surface area contributed by atoms with E-state index in [1.165, 1.54) is 18.2 Å². The molecule has 19 heavy (non-hydrogen) atoms. The summed E-state index contributed by atoms with van der Waals surface area (Å²) in [5.74, 6) is 0.188. The average molecular weight is 253 g/mol. The number of fused-ring (bicyclic) bond motifs is 1. The van der Waals surface area contributed by atoms with Gasteiger partial charge in [-0.05, 0) is 35.7 Å². The van der Waals surface area contributed by atoms with E-state index in [-0.39, 0.29) is 5.91 Å². The Morgan fingerprint density at radius 3 is 2.26 bits per heavy atom. The molecule has 0 N–H and O–H groups in total. The average Bonchev–Trinajstić information content (AvgIpc) is 2.75. The lowest BCUT2D eigenvalue weighted by Crippen LogP contribution is -2.31. The number of nitrogens with zero attached hydrogens (tertiary/aromatic N) is 1. The third-order valence-corrected chi connectivity index (χ3v) is 3.89. The van der Waals surface area contributed by atoms with E-state index < -0.39 is 0 Å². The minimum absolute atomic E-state index is 0.188. The molecule has 0 aliphatic carbocycles. The van der Waals surface area contributed by atoms with Crippen LogP contribution in [0.2, 0.25) is 0 Å². The number of carbonyl (C=O) groups excluding carboxylic acids is 1. The molecule has 1 aliphatic heterocycles. The summed E-state index contributed by atoms with van der Waals surface area (Å²) in [5, 5.41) is 2.33. The van der Waals surface area contributed by atoms with E-state index >= 15 is 0 Å². The molecular weight excluding hydrogens is 234 g/mol. The van der Waals surface area contributed by atoms with Crippen molar-refractivity contribution >= 4 is 16.7 Å². The van der Waals surface area contributed by atoms with E-state index in [0.717, 1.165) is 36.9 Å². The second-order valence-corrected chi connectivity index (χ2v) is 5.27. The summed E-state index contributed by atoms with van der Waals surface area (Å²) >= 11 is 0. The number of hydrogen-bond acceptors (Lipinski definition) is 1. The molecule has 1 aliphatic rings. The van der Waals surface area contributed by atoms with Gasteiger partial charge in [-0.15, -0.1) is 0 Å². The standard InChI is InChI=1S/C17H19NO/c19-17(18-11-5-1-2-6-12-18)16-10-9-14-7-3-4-8-15(14)13-16/h3-4,7-10,13H,1-2,5-6,11-12H2. The molecule has 98 valence electrons. The van der Waals surface area contributed by atoms with Gasteiger partial charge in [0.15, 0.2) is 0 Å². The highest BCUT2D eigenvalue weighted by Crippen LogP contribution is 2.18. The molecule has 1 saturated heterocycles. The van der Waals surface area contributed by atoms with Crippen LogP contribution in [0, 0.1) is 0 Å². The minimum atomic E-state index is 0.188. The SMILES string of the molecule is O=C(c1ccc2ccccc2c1)N1CCCCCC1. The van der Waals surface area contributed by atoms with Crippen molar-refractivity contribution in [2.24, 2.45) is 0 Å². The van der Waals surface area contributed by atoms with Crippen molar-refractivity contribution in [2.45, 2.75) is 25.7 Å². The zero-order valence-electron chi connectivity index (χ0n) is 11.1. The van der Waals surface area contributed by atoms with Crippen molar-refractivity contribution in [1.82, 2.24) is 4.90 Å². The van der Waals surface area contributed by atoms with E-state index in [9.17, 15) is 4.79 Å². The van der Waals surface area contributed by atoms with Crippen molar-refractivity contribution in [1.29, 1.82) is 0 Å². The number of benzene rings is 2. The van der Waals surface area contributed by atoms with Gasteiger partial charge in [0.1, 0.15) is 0 Å². The molecule has 0 aromatic heterocycles. The zero-order valence-corrected chi connectivity index (χ0v) is 11.1. The number of likely N-dealkylation sites (tertiary alicyclic amines) is 1. The fourth-order valence-corrected chi connectivity index (χ4v) is 2.78. The summed E-state index contributed by atoms with van der Waals surface area (Å²) in [5.41, 5.74) is 0.820. The molecule has 2 heteroatoms. The molecule has 0 atom stereocenters. The van der Waals surface area contributed by atoms with Crippen LogP contribution in [0.4, 0.5) is 0 Å². The maximum absolute atomic E-state index is 12.5. The van der Waals surface area contributed by atoms with E-state index in [4.69, 9.17) is 0 Å². The Morgan fingerprint density at radius 1 is 0.842 bits per heavy atom. The van der Waals surface area contributed by atoms with E-state index in [2.05, 4.69) is 12.1 Å². The summed E-state index contributed by atoms with van der Waals surface area (Å²) in [6.45, 7) is 1.82. The predicted octanol–water partition coefficient (Wildman–Crippen LogP) is 3.86. The van der Waals surface area contributed by atoms with E-state index in [0.29, 0.717) is 0 Å². The molecule has 2 aromatic rings. The first-order valence-electron chi connectivity index (χ1n) is 7.13. The second kappa shape index (κ2) is 5.43. The van der Waals surface area contributed by atoms with Crippen LogP contribution in [0.25, 0.3) is 10.8 Å². The largest absolute Gasteiger partial charge is 0.339 e. The predicted molar refractivity (Wildman–Crippen MR) is 78.3 cm³/mol.